The van der Waals surface area contributed by atoms with Crippen LogP contribution in [-0.2, 0) is 0 Å². The summed E-state index contributed by atoms with van der Waals surface area (Å²) < 4.78 is 5.48. The van der Waals surface area contributed by atoms with Crippen molar-refractivity contribution in [3.8, 4) is 5.88 Å². The number of aromatic nitrogens is 1. The monoisotopic (exact) mass is 284 g/mol. The van der Waals surface area contributed by atoms with Crippen LogP contribution in [0.15, 0.2) is 12.3 Å². The zero-order valence-corrected chi connectivity index (χ0v) is 11.4. The highest BCUT2D eigenvalue weighted by Crippen LogP contribution is 2.25. The third kappa shape index (κ3) is 3.81. The summed E-state index contributed by atoms with van der Waals surface area (Å²) >= 11 is 5.94. The van der Waals surface area contributed by atoms with Crippen molar-refractivity contribution in [2.24, 2.45) is 0 Å². The maximum absolute atomic E-state index is 10.9. The molecule has 6 heteroatoms. The van der Waals surface area contributed by atoms with E-state index in [9.17, 15) is 4.79 Å². The van der Waals surface area contributed by atoms with E-state index in [1.54, 1.807) is 0 Å². The third-order valence-electron chi connectivity index (χ3n) is 3.18. The highest BCUT2D eigenvalue weighted by molar-refractivity contribution is 6.34. The first-order valence-electron chi connectivity index (χ1n) is 6.41. The molecule has 2 heterocycles. The Bertz CT molecular complexity index is 448. The van der Waals surface area contributed by atoms with Crippen molar-refractivity contribution in [1.82, 2.24) is 9.88 Å². The molecule has 0 amide bonds. The van der Waals surface area contributed by atoms with E-state index >= 15 is 0 Å². The summed E-state index contributed by atoms with van der Waals surface area (Å²) in [6.45, 7) is 3.48. The SMILES string of the molecule is O=C(O)c1ccnc(OCCN2CCCCC2)c1Cl. The van der Waals surface area contributed by atoms with Gasteiger partial charge in [-0.05, 0) is 32.0 Å². The van der Waals surface area contributed by atoms with E-state index < -0.39 is 5.97 Å². The van der Waals surface area contributed by atoms with Crippen LogP contribution in [0.25, 0.3) is 0 Å². The molecule has 0 saturated carbocycles. The Labute approximate surface area is 117 Å². The normalized spacial score (nSPS) is 16.3. The Morgan fingerprint density at radius 2 is 2.16 bits per heavy atom. The lowest BCUT2D eigenvalue weighted by Crippen LogP contribution is -2.33. The van der Waals surface area contributed by atoms with E-state index in [-0.39, 0.29) is 16.5 Å². The largest absolute Gasteiger partial charge is 0.478 e. The average molecular weight is 285 g/mol. The minimum atomic E-state index is -1.08. The molecular weight excluding hydrogens is 268 g/mol. The lowest BCUT2D eigenvalue weighted by atomic mass is 10.1. The van der Waals surface area contributed by atoms with E-state index in [0.717, 1.165) is 19.6 Å². The van der Waals surface area contributed by atoms with Gasteiger partial charge >= 0.3 is 5.97 Å². The van der Waals surface area contributed by atoms with Gasteiger partial charge < -0.3 is 9.84 Å². The van der Waals surface area contributed by atoms with E-state index in [2.05, 4.69) is 9.88 Å². The molecule has 0 aliphatic carbocycles. The van der Waals surface area contributed by atoms with Crippen molar-refractivity contribution >= 4 is 17.6 Å². The number of halogens is 1. The van der Waals surface area contributed by atoms with Gasteiger partial charge in [0.2, 0.25) is 5.88 Å². The van der Waals surface area contributed by atoms with Crippen LogP contribution in [0.1, 0.15) is 29.6 Å². The van der Waals surface area contributed by atoms with Crippen molar-refractivity contribution in [2.75, 3.05) is 26.2 Å². The smallest absolute Gasteiger partial charge is 0.337 e. The number of likely N-dealkylation sites (tertiary alicyclic amines) is 1. The summed E-state index contributed by atoms with van der Waals surface area (Å²) in [7, 11) is 0. The molecule has 19 heavy (non-hydrogen) atoms. The second kappa shape index (κ2) is 6.73. The van der Waals surface area contributed by atoms with Crippen LogP contribution in [-0.4, -0.2) is 47.2 Å². The molecule has 1 aromatic rings. The molecular formula is C13H17ClN2O3. The quantitative estimate of drug-likeness (QED) is 0.899. The van der Waals surface area contributed by atoms with Gasteiger partial charge in [-0.1, -0.05) is 18.0 Å². The highest BCUT2D eigenvalue weighted by Gasteiger charge is 2.15. The van der Waals surface area contributed by atoms with Gasteiger partial charge in [-0.25, -0.2) is 9.78 Å². The Kier molecular flexibility index (Phi) is 4.99. The van der Waals surface area contributed by atoms with Crippen LogP contribution in [0.2, 0.25) is 5.02 Å². The van der Waals surface area contributed by atoms with Crippen molar-refractivity contribution in [3.05, 3.63) is 22.8 Å². The van der Waals surface area contributed by atoms with Gasteiger partial charge in [-0.15, -0.1) is 0 Å². The van der Waals surface area contributed by atoms with Gasteiger partial charge in [0.15, 0.2) is 0 Å². The van der Waals surface area contributed by atoms with Crippen LogP contribution in [0.3, 0.4) is 0 Å². The summed E-state index contributed by atoms with van der Waals surface area (Å²) in [6, 6.07) is 1.36. The number of piperidine rings is 1. The van der Waals surface area contributed by atoms with E-state index in [0.29, 0.717) is 6.61 Å². The Balaban J connectivity index is 1.88. The topological polar surface area (TPSA) is 62.7 Å². The van der Waals surface area contributed by atoms with Crippen LogP contribution < -0.4 is 4.74 Å². The second-order valence-corrected chi connectivity index (χ2v) is 4.91. The van der Waals surface area contributed by atoms with Gasteiger partial charge in [-0.3, -0.25) is 4.90 Å². The summed E-state index contributed by atoms with van der Waals surface area (Å²) in [4.78, 5) is 17.2. The first-order chi connectivity index (χ1) is 9.18. The Morgan fingerprint density at radius 3 is 2.84 bits per heavy atom. The fraction of sp³-hybridized carbons (Fsp3) is 0.538. The predicted molar refractivity (Wildman–Crippen MR) is 72.0 cm³/mol. The fourth-order valence-electron chi connectivity index (χ4n) is 2.14. The summed E-state index contributed by atoms with van der Waals surface area (Å²) in [5.41, 5.74) is 0.0182. The molecule has 0 radical (unpaired) electrons. The number of aromatic carboxylic acids is 1. The number of carboxylic acid groups (broad SMARTS) is 1. The molecule has 1 aromatic heterocycles. The molecule has 1 aliphatic rings. The van der Waals surface area contributed by atoms with E-state index in [4.69, 9.17) is 21.4 Å². The number of pyridine rings is 1. The van der Waals surface area contributed by atoms with Crippen molar-refractivity contribution < 1.29 is 14.6 Å². The standard InChI is InChI=1S/C13H17ClN2O3/c14-11-10(13(17)18)4-5-15-12(11)19-9-8-16-6-2-1-3-7-16/h4-5H,1-3,6-9H2,(H,17,18). The van der Waals surface area contributed by atoms with E-state index in [1.807, 2.05) is 0 Å². The predicted octanol–water partition coefficient (Wildman–Crippen LogP) is 2.30. The number of carbonyl (C=O) groups is 1. The van der Waals surface area contributed by atoms with Crippen LogP contribution in [0, 0.1) is 0 Å². The van der Waals surface area contributed by atoms with Gasteiger partial charge in [0, 0.05) is 12.7 Å². The molecule has 0 unspecified atom stereocenters. The lowest BCUT2D eigenvalue weighted by Gasteiger charge is -2.26. The highest BCUT2D eigenvalue weighted by atomic mass is 35.5. The number of carboxylic acids is 1. The number of hydrogen-bond acceptors (Lipinski definition) is 4. The summed E-state index contributed by atoms with van der Waals surface area (Å²) in [5, 5.41) is 9.01. The van der Waals surface area contributed by atoms with Gasteiger partial charge in [0.25, 0.3) is 0 Å². The first kappa shape index (κ1) is 14.1. The number of nitrogens with zero attached hydrogens (tertiary/aromatic N) is 2. The zero-order valence-electron chi connectivity index (χ0n) is 10.6. The summed E-state index contributed by atoms with van der Waals surface area (Å²) in [5.74, 6) is -0.883. The molecule has 1 N–H and O–H groups in total. The number of hydrogen-bond donors (Lipinski definition) is 1. The second-order valence-electron chi connectivity index (χ2n) is 4.53. The fourth-order valence-corrected chi connectivity index (χ4v) is 2.39. The number of rotatable bonds is 5. The molecule has 1 saturated heterocycles. The van der Waals surface area contributed by atoms with Crippen LogP contribution in [0.4, 0.5) is 0 Å². The molecule has 5 nitrogen and oxygen atoms in total. The molecule has 1 aliphatic heterocycles. The Morgan fingerprint density at radius 1 is 1.42 bits per heavy atom. The van der Waals surface area contributed by atoms with Gasteiger partial charge in [0.1, 0.15) is 11.6 Å². The van der Waals surface area contributed by atoms with Crippen molar-refractivity contribution in [1.29, 1.82) is 0 Å². The minimum Gasteiger partial charge on any atom is -0.478 e. The van der Waals surface area contributed by atoms with Gasteiger partial charge in [-0.2, -0.15) is 0 Å². The maximum Gasteiger partial charge on any atom is 0.337 e. The van der Waals surface area contributed by atoms with Gasteiger partial charge in [0.05, 0.1) is 5.56 Å². The molecule has 2 rings (SSSR count). The molecule has 0 bridgehead atoms. The molecule has 104 valence electrons. The lowest BCUT2D eigenvalue weighted by molar-refractivity contribution is 0.0696. The minimum absolute atomic E-state index is 0.0182. The number of ether oxygens (including phenoxy) is 1. The summed E-state index contributed by atoms with van der Waals surface area (Å²) in [6.07, 6.45) is 5.15. The molecule has 0 spiro atoms. The molecule has 0 atom stereocenters. The average Bonchev–Trinajstić information content (AvgIpc) is 2.41. The maximum atomic E-state index is 10.9. The Hall–Kier alpha value is -1.33. The van der Waals surface area contributed by atoms with Crippen molar-refractivity contribution in [3.63, 3.8) is 0 Å². The van der Waals surface area contributed by atoms with Crippen molar-refractivity contribution in [2.45, 2.75) is 19.3 Å². The zero-order chi connectivity index (χ0) is 13.7. The van der Waals surface area contributed by atoms with Crippen LogP contribution >= 0.6 is 11.6 Å². The molecule has 1 fully saturated rings. The van der Waals surface area contributed by atoms with E-state index in [1.165, 1.54) is 31.5 Å². The third-order valence-corrected chi connectivity index (χ3v) is 3.55. The first-order valence-corrected chi connectivity index (χ1v) is 6.79. The van der Waals surface area contributed by atoms with Crippen LogP contribution in [0.5, 0.6) is 5.88 Å². The molecule has 0 aromatic carbocycles.